The zero-order valence-corrected chi connectivity index (χ0v) is 18.7. The van der Waals surface area contributed by atoms with Gasteiger partial charge in [0.1, 0.15) is 6.54 Å². The van der Waals surface area contributed by atoms with Gasteiger partial charge in [0.05, 0.1) is 30.8 Å². The van der Waals surface area contributed by atoms with Gasteiger partial charge in [0.25, 0.3) is 0 Å². The van der Waals surface area contributed by atoms with Crippen molar-refractivity contribution >= 4 is 17.5 Å². The average Bonchev–Trinajstić information content (AvgIpc) is 3.12. The van der Waals surface area contributed by atoms with Crippen LogP contribution in [0.1, 0.15) is 17.2 Å². The Bertz CT molecular complexity index is 1300. The van der Waals surface area contributed by atoms with Gasteiger partial charge in [-0.05, 0) is 42.0 Å². The van der Waals surface area contributed by atoms with Gasteiger partial charge in [0.2, 0.25) is 5.91 Å². The standard InChI is InChI=1S/C22H19ClF3N5O4/c23-16-6-4-14(5-7-16)20-29-31(21(35)30(20)10-18(33)22(24,25)26)11-19(34)28-17(12-32)15-3-1-2-13(8-15)9-27/h1-8,17-18,32-33H,10-12H2,(H,28,34). The van der Waals surface area contributed by atoms with E-state index in [0.717, 1.165) is 0 Å². The Labute approximate surface area is 201 Å². The number of rotatable bonds is 8. The van der Waals surface area contributed by atoms with E-state index in [1.807, 2.05) is 6.07 Å². The van der Waals surface area contributed by atoms with Gasteiger partial charge in [-0.25, -0.2) is 9.48 Å². The molecule has 0 aliphatic heterocycles. The van der Waals surface area contributed by atoms with Crippen LogP contribution in [-0.2, 0) is 17.9 Å². The first kappa shape index (κ1) is 26.0. The second-order valence-corrected chi connectivity index (χ2v) is 7.92. The Balaban J connectivity index is 1.90. The number of aliphatic hydroxyl groups is 2. The average molecular weight is 510 g/mol. The largest absolute Gasteiger partial charge is 0.416 e. The number of halogens is 4. The van der Waals surface area contributed by atoms with Crippen molar-refractivity contribution < 1.29 is 28.2 Å². The molecule has 0 saturated heterocycles. The highest BCUT2D eigenvalue weighted by atomic mass is 35.5. The molecule has 2 atom stereocenters. The number of nitrogens with one attached hydrogen (secondary N) is 1. The summed E-state index contributed by atoms with van der Waals surface area (Å²) in [6.45, 7) is -2.33. The Morgan fingerprint density at radius 2 is 1.91 bits per heavy atom. The molecule has 2 aromatic carbocycles. The lowest BCUT2D eigenvalue weighted by atomic mass is 10.0. The maximum atomic E-state index is 13.0. The predicted molar refractivity (Wildman–Crippen MR) is 118 cm³/mol. The third-order valence-corrected chi connectivity index (χ3v) is 5.24. The van der Waals surface area contributed by atoms with E-state index in [-0.39, 0.29) is 11.4 Å². The van der Waals surface area contributed by atoms with Gasteiger partial charge in [-0.1, -0.05) is 23.7 Å². The normalized spacial score (nSPS) is 13.2. The topological polar surface area (TPSA) is 133 Å². The molecule has 0 radical (unpaired) electrons. The molecule has 0 aliphatic rings. The van der Waals surface area contributed by atoms with Gasteiger partial charge in [0.15, 0.2) is 11.9 Å². The lowest BCUT2D eigenvalue weighted by molar-refractivity contribution is -0.207. The molecule has 184 valence electrons. The summed E-state index contributed by atoms with van der Waals surface area (Å²) in [5.41, 5.74) is -0.0732. The van der Waals surface area contributed by atoms with E-state index in [2.05, 4.69) is 10.4 Å². The molecule has 3 rings (SSSR count). The molecule has 3 N–H and O–H groups in total. The molecule has 0 saturated carbocycles. The second-order valence-electron chi connectivity index (χ2n) is 7.48. The molecule has 0 aliphatic carbocycles. The van der Waals surface area contributed by atoms with E-state index in [1.54, 1.807) is 18.2 Å². The lowest BCUT2D eigenvalue weighted by Crippen LogP contribution is -2.39. The van der Waals surface area contributed by atoms with Crippen molar-refractivity contribution in [3.8, 4) is 17.5 Å². The highest BCUT2D eigenvalue weighted by Gasteiger charge is 2.39. The molecular formula is C22H19ClF3N5O4. The zero-order valence-electron chi connectivity index (χ0n) is 17.9. The van der Waals surface area contributed by atoms with Crippen LogP contribution in [0, 0.1) is 11.3 Å². The minimum Gasteiger partial charge on any atom is -0.394 e. The predicted octanol–water partition coefficient (Wildman–Crippen LogP) is 2.01. The van der Waals surface area contributed by atoms with Gasteiger partial charge in [-0.3, -0.25) is 9.36 Å². The van der Waals surface area contributed by atoms with Crippen LogP contribution < -0.4 is 11.0 Å². The number of nitrogens with zero attached hydrogens (tertiary/aromatic N) is 4. The molecule has 1 heterocycles. The summed E-state index contributed by atoms with van der Waals surface area (Å²) < 4.78 is 40.1. The fraction of sp³-hybridized carbons (Fsp3) is 0.273. The van der Waals surface area contributed by atoms with Crippen molar-refractivity contribution in [2.75, 3.05) is 6.61 Å². The first-order valence-corrected chi connectivity index (χ1v) is 10.5. The van der Waals surface area contributed by atoms with Gasteiger partial charge < -0.3 is 15.5 Å². The maximum absolute atomic E-state index is 13.0. The van der Waals surface area contributed by atoms with E-state index in [4.69, 9.17) is 16.9 Å². The summed E-state index contributed by atoms with van der Waals surface area (Å²) in [4.78, 5) is 25.4. The highest BCUT2D eigenvalue weighted by Crippen LogP contribution is 2.24. The van der Waals surface area contributed by atoms with Crippen LogP contribution >= 0.6 is 11.6 Å². The van der Waals surface area contributed by atoms with Crippen molar-refractivity contribution in [1.29, 1.82) is 5.26 Å². The summed E-state index contributed by atoms with van der Waals surface area (Å²) in [7, 11) is 0. The SMILES string of the molecule is N#Cc1cccc(C(CO)NC(=O)Cn2nc(-c3ccc(Cl)cc3)n(CC(O)C(F)(F)F)c2=O)c1. The number of carbonyl (C=O) groups excluding carboxylic acids is 1. The number of carbonyl (C=O) groups is 1. The van der Waals surface area contributed by atoms with Gasteiger partial charge in [-0.2, -0.15) is 18.4 Å². The number of aliphatic hydroxyl groups excluding tert-OH is 2. The van der Waals surface area contributed by atoms with Gasteiger partial charge in [-0.15, -0.1) is 5.10 Å². The van der Waals surface area contributed by atoms with E-state index < -0.39 is 49.6 Å². The number of nitriles is 1. The number of hydrogen-bond donors (Lipinski definition) is 3. The van der Waals surface area contributed by atoms with Crippen molar-refractivity contribution in [2.45, 2.75) is 31.4 Å². The molecule has 0 fully saturated rings. The van der Waals surface area contributed by atoms with Crippen LogP contribution in [0.2, 0.25) is 5.02 Å². The lowest BCUT2D eigenvalue weighted by Gasteiger charge is -2.17. The molecule has 2 unspecified atom stereocenters. The van der Waals surface area contributed by atoms with Crippen LogP contribution in [0.3, 0.4) is 0 Å². The summed E-state index contributed by atoms with van der Waals surface area (Å²) in [6.07, 6.45) is -7.83. The van der Waals surface area contributed by atoms with Crippen LogP contribution in [0.5, 0.6) is 0 Å². The van der Waals surface area contributed by atoms with E-state index >= 15 is 0 Å². The number of hydrogen-bond acceptors (Lipinski definition) is 6. The van der Waals surface area contributed by atoms with Crippen molar-refractivity contribution in [3.63, 3.8) is 0 Å². The Kier molecular flexibility index (Phi) is 7.96. The Hall–Kier alpha value is -3.66. The minimum atomic E-state index is -4.98. The van der Waals surface area contributed by atoms with E-state index in [9.17, 15) is 33.0 Å². The van der Waals surface area contributed by atoms with Gasteiger partial charge >= 0.3 is 11.9 Å². The molecule has 9 nitrogen and oxygen atoms in total. The maximum Gasteiger partial charge on any atom is 0.416 e. The number of alkyl halides is 3. The van der Waals surface area contributed by atoms with E-state index in [0.29, 0.717) is 25.4 Å². The summed E-state index contributed by atoms with van der Waals surface area (Å²) in [5, 5.41) is 35.1. The Morgan fingerprint density at radius 3 is 2.51 bits per heavy atom. The van der Waals surface area contributed by atoms with E-state index in [1.165, 1.54) is 30.3 Å². The molecule has 0 spiro atoms. The van der Waals surface area contributed by atoms with Crippen LogP contribution in [0.25, 0.3) is 11.4 Å². The molecular weight excluding hydrogens is 491 g/mol. The summed E-state index contributed by atoms with van der Waals surface area (Å²) in [6, 6.07) is 12.9. The number of benzene rings is 2. The Morgan fingerprint density at radius 1 is 1.23 bits per heavy atom. The quantitative estimate of drug-likeness (QED) is 0.425. The van der Waals surface area contributed by atoms with Crippen LogP contribution in [-0.4, -0.2) is 49.4 Å². The van der Waals surface area contributed by atoms with Crippen molar-refractivity contribution in [1.82, 2.24) is 19.7 Å². The fourth-order valence-corrected chi connectivity index (χ4v) is 3.36. The number of amides is 1. The molecule has 13 heteroatoms. The van der Waals surface area contributed by atoms with Crippen molar-refractivity contribution in [3.05, 3.63) is 75.2 Å². The minimum absolute atomic E-state index is 0.205. The zero-order chi connectivity index (χ0) is 25.8. The molecule has 35 heavy (non-hydrogen) atoms. The molecule has 1 aromatic heterocycles. The first-order chi connectivity index (χ1) is 16.5. The molecule has 3 aromatic rings. The van der Waals surface area contributed by atoms with Crippen LogP contribution in [0.4, 0.5) is 13.2 Å². The van der Waals surface area contributed by atoms with Crippen molar-refractivity contribution in [2.24, 2.45) is 0 Å². The first-order valence-electron chi connectivity index (χ1n) is 10.1. The number of aromatic nitrogens is 3. The van der Waals surface area contributed by atoms with Crippen LogP contribution in [0.15, 0.2) is 53.3 Å². The fourth-order valence-electron chi connectivity index (χ4n) is 3.23. The monoisotopic (exact) mass is 509 g/mol. The summed E-state index contributed by atoms with van der Waals surface area (Å²) >= 11 is 5.85. The second kappa shape index (κ2) is 10.7. The third-order valence-electron chi connectivity index (χ3n) is 4.99. The molecule has 0 bridgehead atoms. The third kappa shape index (κ3) is 6.27. The highest BCUT2D eigenvalue weighted by molar-refractivity contribution is 6.30. The molecule has 1 amide bonds. The smallest absolute Gasteiger partial charge is 0.394 e. The summed E-state index contributed by atoms with van der Waals surface area (Å²) in [5.74, 6) is -0.972. The van der Waals surface area contributed by atoms with Gasteiger partial charge in [0, 0.05) is 10.6 Å².